The first-order chi connectivity index (χ1) is 13.2. The van der Waals surface area contributed by atoms with Crippen LogP contribution in [0.5, 0.6) is 0 Å². The quantitative estimate of drug-likeness (QED) is 0.658. The Morgan fingerprint density at radius 2 is 1.74 bits per heavy atom. The maximum atomic E-state index is 13.0. The molecule has 1 aliphatic rings. The molecule has 1 fully saturated rings. The summed E-state index contributed by atoms with van der Waals surface area (Å²) in [6.07, 6.45) is 5.89. The number of halogens is 1. The Bertz CT molecular complexity index is 944. The van der Waals surface area contributed by atoms with Crippen LogP contribution in [0.25, 0.3) is 10.9 Å². The monoisotopic (exact) mass is 361 g/mol. The second-order valence-corrected chi connectivity index (χ2v) is 7.40. The van der Waals surface area contributed by atoms with Gasteiger partial charge < -0.3 is 9.47 Å². The maximum Gasteiger partial charge on any atom is 0.123 e. The zero-order valence-electron chi connectivity index (χ0n) is 15.4. The molecule has 1 aliphatic heterocycles. The zero-order valence-corrected chi connectivity index (χ0v) is 15.4. The van der Waals surface area contributed by atoms with Gasteiger partial charge in [0.05, 0.1) is 12.5 Å². The van der Waals surface area contributed by atoms with Gasteiger partial charge in [-0.1, -0.05) is 24.3 Å². The molecule has 138 valence electrons. The second-order valence-electron chi connectivity index (χ2n) is 7.40. The summed E-state index contributed by atoms with van der Waals surface area (Å²) in [4.78, 5) is 2.51. The van der Waals surface area contributed by atoms with E-state index in [0.717, 1.165) is 44.5 Å². The molecule has 3 nitrogen and oxygen atoms in total. The van der Waals surface area contributed by atoms with E-state index in [2.05, 4.69) is 39.9 Å². The van der Waals surface area contributed by atoms with Gasteiger partial charge in [0.2, 0.25) is 0 Å². The fourth-order valence-corrected chi connectivity index (χ4v) is 4.07. The summed E-state index contributed by atoms with van der Waals surface area (Å²) in [6.45, 7) is 3.20. The van der Waals surface area contributed by atoms with E-state index in [9.17, 15) is 4.39 Å². The molecule has 27 heavy (non-hydrogen) atoms. The molecule has 0 aliphatic carbocycles. The van der Waals surface area contributed by atoms with Gasteiger partial charge in [0.25, 0.3) is 0 Å². The minimum absolute atomic E-state index is 0.170. The minimum atomic E-state index is -0.170. The smallest absolute Gasteiger partial charge is 0.123 e. The number of hydrogen-bond donors (Lipinski definition) is 0. The average Bonchev–Trinajstić information content (AvgIpc) is 3.11. The number of hydrogen-bond acceptors (Lipinski definition) is 2. The Labute approximate surface area is 159 Å². The summed E-state index contributed by atoms with van der Waals surface area (Å²) in [7, 11) is 0. The summed E-state index contributed by atoms with van der Waals surface area (Å²) in [6, 6.07) is 18.1. The predicted octanol–water partition coefficient (Wildman–Crippen LogP) is 4.73. The van der Waals surface area contributed by atoms with Crippen LogP contribution in [0.15, 0.2) is 54.7 Å². The first-order valence-corrected chi connectivity index (χ1v) is 9.66. The lowest BCUT2D eigenvalue weighted by Gasteiger charge is -2.33. The third kappa shape index (κ3) is 4.04. The summed E-state index contributed by atoms with van der Waals surface area (Å²) in [5, 5.41) is 10.2. The molecule has 0 bridgehead atoms. The molecule has 0 spiro atoms. The minimum Gasteiger partial charge on any atom is -0.344 e. The Hall–Kier alpha value is -2.64. The van der Waals surface area contributed by atoms with E-state index in [1.165, 1.54) is 16.5 Å². The summed E-state index contributed by atoms with van der Waals surface area (Å²) < 4.78 is 15.4. The molecular formula is C23H24FN3. The molecule has 0 atom stereocenters. The number of nitriles is 1. The van der Waals surface area contributed by atoms with Crippen molar-refractivity contribution in [1.29, 1.82) is 5.26 Å². The van der Waals surface area contributed by atoms with Gasteiger partial charge in [-0.05, 0) is 60.0 Å². The standard InChI is InChI=1S/C23H24FN3/c24-21-5-2-18(3-6-21)8-13-26-14-10-22(11-15-26)27-16-9-20-4-1-19(7-12-25)17-23(20)27/h1-6,9,16-17,22H,7-8,10-11,13-15H2. The number of fused-ring (bicyclic) bond motifs is 1. The molecule has 2 heterocycles. The molecule has 1 saturated heterocycles. The van der Waals surface area contributed by atoms with Crippen molar-refractivity contribution in [3.05, 3.63) is 71.7 Å². The number of aromatic nitrogens is 1. The van der Waals surface area contributed by atoms with Crippen LogP contribution < -0.4 is 0 Å². The number of likely N-dealkylation sites (tertiary alicyclic amines) is 1. The molecule has 3 aromatic rings. The molecule has 0 unspecified atom stereocenters. The Balaban J connectivity index is 1.37. The first-order valence-electron chi connectivity index (χ1n) is 9.66. The van der Waals surface area contributed by atoms with Crippen LogP contribution in [-0.4, -0.2) is 29.1 Å². The maximum absolute atomic E-state index is 13.0. The van der Waals surface area contributed by atoms with Crippen LogP contribution >= 0.6 is 0 Å². The second kappa shape index (κ2) is 7.94. The van der Waals surface area contributed by atoms with Gasteiger partial charge in [0, 0.05) is 37.4 Å². The van der Waals surface area contributed by atoms with Crippen molar-refractivity contribution in [3.8, 4) is 6.07 Å². The van der Waals surface area contributed by atoms with Gasteiger partial charge in [-0.25, -0.2) is 4.39 Å². The highest BCUT2D eigenvalue weighted by atomic mass is 19.1. The SMILES string of the molecule is N#CCc1ccc2ccn(C3CCN(CCc4ccc(F)cc4)CC3)c2c1. The average molecular weight is 361 g/mol. The van der Waals surface area contributed by atoms with Crippen LogP contribution in [-0.2, 0) is 12.8 Å². The van der Waals surface area contributed by atoms with Crippen molar-refractivity contribution >= 4 is 10.9 Å². The van der Waals surface area contributed by atoms with E-state index < -0.39 is 0 Å². The molecule has 0 saturated carbocycles. The van der Waals surface area contributed by atoms with Gasteiger partial charge >= 0.3 is 0 Å². The lowest BCUT2D eigenvalue weighted by Crippen LogP contribution is -2.35. The van der Waals surface area contributed by atoms with Gasteiger partial charge in [0.15, 0.2) is 0 Å². The van der Waals surface area contributed by atoms with E-state index in [1.54, 1.807) is 12.1 Å². The molecule has 4 heteroatoms. The molecule has 0 amide bonds. The van der Waals surface area contributed by atoms with E-state index in [1.807, 2.05) is 18.2 Å². The lowest BCUT2D eigenvalue weighted by molar-refractivity contribution is 0.190. The molecular weight excluding hydrogens is 337 g/mol. The molecule has 4 rings (SSSR count). The van der Waals surface area contributed by atoms with Crippen LogP contribution in [0.4, 0.5) is 4.39 Å². The third-order valence-corrected chi connectivity index (χ3v) is 5.65. The summed E-state index contributed by atoms with van der Waals surface area (Å²) >= 11 is 0. The number of rotatable bonds is 5. The third-order valence-electron chi connectivity index (χ3n) is 5.65. The fourth-order valence-electron chi connectivity index (χ4n) is 4.07. The topological polar surface area (TPSA) is 32.0 Å². The van der Waals surface area contributed by atoms with Gasteiger partial charge in [-0.15, -0.1) is 0 Å². The normalized spacial score (nSPS) is 15.9. The van der Waals surface area contributed by atoms with Gasteiger partial charge in [-0.2, -0.15) is 5.26 Å². The van der Waals surface area contributed by atoms with Crippen molar-refractivity contribution in [1.82, 2.24) is 9.47 Å². The van der Waals surface area contributed by atoms with Crippen molar-refractivity contribution < 1.29 is 4.39 Å². The van der Waals surface area contributed by atoms with Gasteiger partial charge in [-0.3, -0.25) is 0 Å². The zero-order chi connectivity index (χ0) is 18.6. The van der Waals surface area contributed by atoms with Crippen LogP contribution in [0.1, 0.15) is 30.0 Å². The number of benzene rings is 2. The largest absolute Gasteiger partial charge is 0.344 e. The van der Waals surface area contributed by atoms with Gasteiger partial charge in [0.1, 0.15) is 5.82 Å². The van der Waals surface area contributed by atoms with E-state index >= 15 is 0 Å². The highest BCUT2D eigenvalue weighted by Crippen LogP contribution is 2.28. The lowest BCUT2D eigenvalue weighted by atomic mass is 10.0. The fraction of sp³-hybridized carbons (Fsp3) is 0.348. The van der Waals surface area contributed by atoms with Crippen molar-refractivity contribution in [2.24, 2.45) is 0 Å². The number of piperidine rings is 1. The number of nitrogens with zero attached hydrogens (tertiary/aromatic N) is 3. The van der Waals surface area contributed by atoms with Crippen LogP contribution in [0.2, 0.25) is 0 Å². The molecule has 0 radical (unpaired) electrons. The van der Waals surface area contributed by atoms with Crippen LogP contribution in [0.3, 0.4) is 0 Å². The van der Waals surface area contributed by atoms with E-state index in [0.29, 0.717) is 12.5 Å². The van der Waals surface area contributed by atoms with Crippen molar-refractivity contribution in [2.75, 3.05) is 19.6 Å². The first kappa shape index (κ1) is 17.8. The Morgan fingerprint density at radius 3 is 2.48 bits per heavy atom. The molecule has 0 N–H and O–H groups in total. The van der Waals surface area contributed by atoms with E-state index in [4.69, 9.17) is 5.26 Å². The van der Waals surface area contributed by atoms with E-state index in [-0.39, 0.29) is 5.82 Å². The highest BCUT2D eigenvalue weighted by molar-refractivity contribution is 5.81. The summed E-state index contributed by atoms with van der Waals surface area (Å²) in [5.41, 5.74) is 3.52. The summed E-state index contributed by atoms with van der Waals surface area (Å²) in [5.74, 6) is -0.170. The highest BCUT2D eigenvalue weighted by Gasteiger charge is 2.21. The predicted molar refractivity (Wildman–Crippen MR) is 106 cm³/mol. The Kier molecular flexibility index (Phi) is 5.22. The Morgan fingerprint density at radius 1 is 1.00 bits per heavy atom. The molecule has 2 aromatic carbocycles. The van der Waals surface area contributed by atoms with Crippen LogP contribution in [0, 0.1) is 17.1 Å². The van der Waals surface area contributed by atoms with Crippen molar-refractivity contribution in [3.63, 3.8) is 0 Å². The molecule has 1 aromatic heterocycles. The van der Waals surface area contributed by atoms with Crippen molar-refractivity contribution in [2.45, 2.75) is 31.7 Å².